The number of nitrogens with one attached hydrogen (secondary N) is 3. The van der Waals surface area contributed by atoms with Crippen molar-refractivity contribution in [3.05, 3.63) is 53.3 Å². The molecule has 4 amide bonds. The summed E-state index contributed by atoms with van der Waals surface area (Å²) in [4.78, 5) is 26.3. The highest BCUT2D eigenvalue weighted by molar-refractivity contribution is 5.98. The number of ether oxygens (including phenoxy) is 1. The summed E-state index contributed by atoms with van der Waals surface area (Å²) in [5, 5.41) is 8.69. The van der Waals surface area contributed by atoms with E-state index < -0.39 is 17.4 Å². The van der Waals surface area contributed by atoms with Crippen molar-refractivity contribution in [2.45, 2.75) is 51.3 Å². The summed E-state index contributed by atoms with van der Waals surface area (Å²) in [5.41, 5.74) is 2.29. The molecule has 0 saturated carbocycles. The minimum Gasteiger partial charge on any atom is -0.484 e. The Balaban J connectivity index is 1.58. The van der Waals surface area contributed by atoms with Crippen molar-refractivity contribution in [1.29, 1.82) is 0 Å². The van der Waals surface area contributed by atoms with Gasteiger partial charge in [0.2, 0.25) is 0 Å². The van der Waals surface area contributed by atoms with E-state index in [1.165, 1.54) is 11.0 Å². The molecule has 4 rings (SSSR count). The van der Waals surface area contributed by atoms with E-state index in [1.54, 1.807) is 31.3 Å². The predicted octanol–water partition coefficient (Wildman–Crippen LogP) is 4.69. The smallest absolute Gasteiger partial charge is 0.321 e. The first kappa shape index (κ1) is 21.0. The molecule has 0 fully saturated rings. The van der Waals surface area contributed by atoms with Crippen LogP contribution in [0.3, 0.4) is 0 Å². The van der Waals surface area contributed by atoms with Gasteiger partial charge in [-0.3, -0.25) is 4.90 Å². The summed E-state index contributed by atoms with van der Waals surface area (Å²) in [5.74, 6) is -0.212. The Morgan fingerprint density at radius 2 is 2.00 bits per heavy atom. The molecular formula is C23H27FN4O3. The van der Waals surface area contributed by atoms with Gasteiger partial charge >= 0.3 is 12.1 Å². The molecule has 2 aromatic rings. The fraction of sp³-hybridized carbons (Fsp3) is 0.391. The molecule has 164 valence electrons. The van der Waals surface area contributed by atoms with Gasteiger partial charge in [-0.2, -0.15) is 0 Å². The average molecular weight is 426 g/mol. The van der Waals surface area contributed by atoms with Crippen LogP contribution >= 0.6 is 0 Å². The van der Waals surface area contributed by atoms with Gasteiger partial charge in [0.05, 0.1) is 11.7 Å². The summed E-state index contributed by atoms with van der Waals surface area (Å²) < 4.78 is 20.6. The summed E-state index contributed by atoms with van der Waals surface area (Å²) in [6, 6.07) is 9.24. The number of carbonyl (C=O) groups is 2. The quantitative estimate of drug-likeness (QED) is 0.663. The fourth-order valence-corrected chi connectivity index (χ4v) is 4.36. The van der Waals surface area contributed by atoms with Crippen LogP contribution in [0.2, 0.25) is 0 Å². The first-order chi connectivity index (χ1) is 14.9. The Kier molecular flexibility index (Phi) is 5.47. The third-order valence-corrected chi connectivity index (χ3v) is 6.34. The molecule has 0 radical (unpaired) electrons. The highest BCUT2D eigenvalue weighted by Gasteiger charge is 2.40. The SMILES string of the molecule is CCC1(CC)C[C@@H](NC(=O)Nc2cccc3c2CNC(=O)N3C)c2cccc(F)c2O1. The zero-order chi connectivity index (χ0) is 22.2. The van der Waals surface area contributed by atoms with Crippen molar-refractivity contribution in [2.24, 2.45) is 0 Å². The summed E-state index contributed by atoms with van der Waals surface area (Å²) in [6.07, 6.45) is 1.96. The molecule has 8 heteroatoms. The van der Waals surface area contributed by atoms with Gasteiger partial charge in [0, 0.05) is 36.8 Å². The molecule has 0 spiro atoms. The number of nitrogens with zero attached hydrogens (tertiary/aromatic N) is 1. The molecule has 2 aliphatic rings. The molecule has 31 heavy (non-hydrogen) atoms. The minimum atomic E-state index is -0.536. The van der Waals surface area contributed by atoms with Crippen LogP contribution in [0.25, 0.3) is 0 Å². The van der Waals surface area contributed by atoms with Gasteiger partial charge < -0.3 is 20.7 Å². The van der Waals surface area contributed by atoms with Gasteiger partial charge in [0.25, 0.3) is 0 Å². The first-order valence-electron chi connectivity index (χ1n) is 10.6. The van der Waals surface area contributed by atoms with Gasteiger partial charge in [-0.1, -0.05) is 32.0 Å². The number of urea groups is 2. The van der Waals surface area contributed by atoms with Crippen LogP contribution in [-0.2, 0) is 6.54 Å². The van der Waals surface area contributed by atoms with E-state index >= 15 is 0 Å². The number of amides is 4. The van der Waals surface area contributed by atoms with E-state index in [9.17, 15) is 14.0 Å². The van der Waals surface area contributed by atoms with Crippen LogP contribution < -0.4 is 25.6 Å². The third kappa shape index (κ3) is 3.78. The maximum Gasteiger partial charge on any atom is 0.321 e. The fourth-order valence-electron chi connectivity index (χ4n) is 4.36. The number of hydrogen-bond acceptors (Lipinski definition) is 3. The Morgan fingerprint density at radius 1 is 1.26 bits per heavy atom. The molecule has 0 aromatic heterocycles. The van der Waals surface area contributed by atoms with E-state index in [0.717, 1.165) is 11.3 Å². The molecule has 0 bridgehead atoms. The zero-order valence-corrected chi connectivity index (χ0v) is 17.9. The van der Waals surface area contributed by atoms with Crippen molar-refractivity contribution in [3.8, 4) is 5.75 Å². The van der Waals surface area contributed by atoms with Crippen molar-refractivity contribution < 1.29 is 18.7 Å². The van der Waals surface area contributed by atoms with Crippen LogP contribution in [-0.4, -0.2) is 24.7 Å². The highest BCUT2D eigenvalue weighted by atomic mass is 19.1. The van der Waals surface area contributed by atoms with Gasteiger partial charge in [-0.25, -0.2) is 14.0 Å². The second-order valence-corrected chi connectivity index (χ2v) is 8.03. The number of anilines is 2. The number of carbonyl (C=O) groups excluding carboxylic acids is 2. The molecule has 2 aliphatic heterocycles. The lowest BCUT2D eigenvalue weighted by Gasteiger charge is -2.41. The zero-order valence-electron chi connectivity index (χ0n) is 17.9. The summed E-state index contributed by atoms with van der Waals surface area (Å²) in [6.45, 7) is 4.34. The van der Waals surface area contributed by atoms with E-state index in [4.69, 9.17) is 4.74 Å². The number of rotatable bonds is 4. The lowest BCUT2D eigenvalue weighted by atomic mass is 9.83. The largest absolute Gasteiger partial charge is 0.484 e. The van der Waals surface area contributed by atoms with Crippen molar-refractivity contribution in [3.63, 3.8) is 0 Å². The van der Waals surface area contributed by atoms with E-state index in [0.29, 0.717) is 37.1 Å². The number of halogens is 1. The predicted molar refractivity (Wildman–Crippen MR) is 117 cm³/mol. The van der Waals surface area contributed by atoms with Crippen molar-refractivity contribution >= 4 is 23.4 Å². The van der Waals surface area contributed by atoms with Crippen LogP contribution in [0.15, 0.2) is 36.4 Å². The molecular weight excluding hydrogens is 399 g/mol. The number of hydrogen-bond donors (Lipinski definition) is 3. The first-order valence-corrected chi connectivity index (χ1v) is 10.6. The molecule has 2 aromatic carbocycles. The van der Waals surface area contributed by atoms with Crippen molar-refractivity contribution in [2.75, 3.05) is 17.3 Å². The van der Waals surface area contributed by atoms with E-state index in [-0.39, 0.29) is 17.8 Å². The Morgan fingerprint density at radius 3 is 2.74 bits per heavy atom. The second-order valence-electron chi connectivity index (χ2n) is 8.03. The summed E-state index contributed by atoms with van der Waals surface area (Å²) >= 11 is 0. The number of para-hydroxylation sites is 1. The maximum absolute atomic E-state index is 14.5. The molecule has 0 saturated heterocycles. The normalized spacial score (nSPS) is 18.9. The van der Waals surface area contributed by atoms with Gasteiger partial charge in [0.1, 0.15) is 5.60 Å². The topological polar surface area (TPSA) is 82.7 Å². The van der Waals surface area contributed by atoms with Crippen LogP contribution in [0.5, 0.6) is 5.75 Å². The number of fused-ring (bicyclic) bond motifs is 2. The molecule has 0 unspecified atom stereocenters. The standard InChI is InChI=1S/C23H27FN4O3/c1-4-23(5-2)12-18(14-8-6-9-16(24)20(14)31-23)27-21(29)26-17-10-7-11-19-15(17)13-25-22(30)28(19)3/h6-11,18H,4-5,12-13H2,1-3H3,(H,25,30)(H2,26,27,29)/t18-/m1/s1. The van der Waals surface area contributed by atoms with Crippen LogP contribution in [0, 0.1) is 5.82 Å². The van der Waals surface area contributed by atoms with Gasteiger partial charge in [0.15, 0.2) is 11.6 Å². The summed E-state index contributed by atoms with van der Waals surface area (Å²) in [7, 11) is 1.68. The molecule has 7 nitrogen and oxygen atoms in total. The second kappa shape index (κ2) is 8.09. The lowest BCUT2D eigenvalue weighted by molar-refractivity contribution is 0.0205. The Hall–Kier alpha value is -3.29. The molecule has 3 N–H and O–H groups in total. The van der Waals surface area contributed by atoms with E-state index in [2.05, 4.69) is 16.0 Å². The lowest BCUT2D eigenvalue weighted by Crippen LogP contribution is -2.46. The maximum atomic E-state index is 14.5. The van der Waals surface area contributed by atoms with Gasteiger partial charge in [-0.05, 0) is 31.0 Å². The van der Waals surface area contributed by atoms with E-state index in [1.807, 2.05) is 19.9 Å². The highest BCUT2D eigenvalue weighted by Crippen LogP contribution is 2.44. The van der Waals surface area contributed by atoms with Crippen LogP contribution in [0.1, 0.15) is 50.3 Å². The third-order valence-electron chi connectivity index (χ3n) is 6.34. The van der Waals surface area contributed by atoms with Gasteiger partial charge in [-0.15, -0.1) is 0 Å². The molecule has 0 aliphatic carbocycles. The Labute approximate surface area is 181 Å². The minimum absolute atomic E-state index is 0.189. The molecule has 1 atom stereocenters. The number of benzene rings is 2. The Bertz CT molecular complexity index is 1020. The average Bonchev–Trinajstić information content (AvgIpc) is 2.77. The molecule has 2 heterocycles. The monoisotopic (exact) mass is 426 g/mol. The van der Waals surface area contributed by atoms with Crippen LogP contribution in [0.4, 0.5) is 25.4 Å². The van der Waals surface area contributed by atoms with Crippen molar-refractivity contribution in [1.82, 2.24) is 10.6 Å².